The molecule has 0 unspecified atom stereocenters. The first-order chi connectivity index (χ1) is 12.6. The van der Waals surface area contributed by atoms with Gasteiger partial charge in [0, 0.05) is 29.1 Å². The first kappa shape index (κ1) is 17.0. The van der Waals surface area contributed by atoms with Crippen LogP contribution < -0.4 is 11.1 Å². The highest BCUT2D eigenvalue weighted by Crippen LogP contribution is 2.27. The molecule has 1 amide bonds. The smallest absolute Gasteiger partial charge is 0.228 e. The molecule has 4 rings (SSSR count). The van der Waals surface area contributed by atoms with Crippen LogP contribution in [0.5, 0.6) is 0 Å². The second-order valence-corrected chi connectivity index (χ2v) is 7.90. The van der Waals surface area contributed by atoms with Crippen molar-refractivity contribution < 1.29 is 4.79 Å². The number of pyridine rings is 2. The van der Waals surface area contributed by atoms with Crippen molar-refractivity contribution in [3.05, 3.63) is 29.5 Å². The number of carbonyl (C=O) groups excluding carboxylic acids is 1. The Morgan fingerprint density at radius 3 is 2.69 bits per heavy atom. The largest absolute Gasteiger partial charge is 0.328 e. The van der Waals surface area contributed by atoms with Crippen molar-refractivity contribution in [1.82, 2.24) is 20.2 Å². The van der Waals surface area contributed by atoms with Crippen LogP contribution in [0.15, 0.2) is 24.5 Å². The van der Waals surface area contributed by atoms with Crippen LogP contribution in [0, 0.1) is 12.8 Å². The van der Waals surface area contributed by atoms with Gasteiger partial charge in [-0.3, -0.25) is 9.78 Å². The molecule has 0 atom stereocenters. The SMILES string of the molecule is Cc1nnc(-c2cnc3cnc(NC(=O)C4CCC(N)CC4)cc3c2)s1. The Balaban J connectivity index is 1.55. The summed E-state index contributed by atoms with van der Waals surface area (Å²) in [4.78, 5) is 21.2. The van der Waals surface area contributed by atoms with Gasteiger partial charge in [-0.25, -0.2) is 4.98 Å². The van der Waals surface area contributed by atoms with Crippen LogP contribution >= 0.6 is 11.3 Å². The minimum atomic E-state index is 0.0149. The van der Waals surface area contributed by atoms with Gasteiger partial charge in [0.2, 0.25) is 5.91 Å². The normalized spacial score (nSPS) is 20.2. The molecule has 3 N–H and O–H groups in total. The standard InChI is InChI=1S/C18H20N6OS/c1-10-23-24-18(26-10)13-6-12-7-16(21-9-15(12)20-8-13)22-17(25)11-2-4-14(19)5-3-11/h6-9,11,14H,2-5,19H2,1H3,(H,21,22,25). The second-order valence-electron chi connectivity index (χ2n) is 6.71. The third kappa shape index (κ3) is 3.56. The number of hydrogen-bond acceptors (Lipinski definition) is 7. The van der Waals surface area contributed by atoms with Gasteiger partial charge in [-0.15, -0.1) is 10.2 Å². The van der Waals surface area contributed by atoms with E-state index in [1.54, 1.807) is 12.4 Å². The lowest BCUT2D eigenvalue weighted by Gasteiger charge is -2.24. The van der Waals surface area contributed by atoms with Gasteiger partial charge < -0.3 is 11.1 Å². The van der Waals surface area contributed by atoms with E-state index >= 15 is 0 Å². The fourth-order valence-electron chi connectivity index (χ4n) is 3.24. The summed E-state index contributed by atoms with van der Waals surface area (Å²) in [6.07, 6.45) is 6.92. The number of nitrogens with two attached hydrogens (primary N) is 1. The van der Waals surface area contributed by atoms with Gasteiger partial charge in [-0.2, -0.15) is 0 Å². The summed E-state index contributed by atoms with van der Waals surface area (Å²) in [7, 11) is 0. The molecule has 134 valence electrons. The number of nitrogens with one attached hydrogen (secondary N) is 1. The van der Waals surface area contributed by atoms with E-state index in [-0.39, 0.29) is 17.9 Å². The number of rotatable bonds is 3. The molecule has 3 aromatic heterocycles. The highest BCUT2D eigenvalue weighted by atomic mass is 32.1. The van der Waals surface area contributed by atoms with Crippen molar-refractivity contribution in [1.29, 1.82) is 0 Å². The summed E-state index contributed by atoms with van der Waals surface area (Å²) in [6, 6.07) is 4.08. The summed E-state index contributed by atoms with van der Waals surface area (Å²) >= 11 is 1.53. The molecule has 0 saturated heterocycles. The molecule has 3 aromatic rings. The van der Waals surface area contributed by atoms with Gasteiger partial charge in [0.15, 0.2) is 0 Å². The summed E-state index contributed by atoms with van der Waals surface area (Å²) in [5, 5.41) is 13.8. The van der Waals surface area contributed by atoms with Gasteiger partial charge in [-0.05, 0) is 44.7 Å². The fraction of sp³-hybridized carbons (Fsp3) is 0.389. The van der Waals surface area contributed by atoms with E-state index < -0.39 is 0 Å². The van der Waals surface area contributed by atoms with Crippen LogP contribution in [0.25, 0.3) is 21.5 Å². The summed E-state index contributed by atoms with van der Waals surface area (Å²) in [5.74, 6) is 0.582. The monoisotopic (exact) mass is 368 g/mol. The van der Waals surface area contributed by atoms with Gasteiger partial charge in [0.25, 0.3) is 0 Å². The zero-order valence-electron chi connectivity index (χ0n) is 14.5. The maximum Gasteiger partial charge on any atom is 0.228 e. The third-order valence-corrected chi connectivity index (χ3v) is 5.62. The van der Waals surface area contributed by atoms with E-state index in [2.05, 4.69) is 25.5 Å². The Kier molecular flexibility index (Phi) is 4.60. The van der Waals surface area contributed by atoms with Crippen LogP contribution in [0.3, 0.4) is 0 Å². The van der Waals surface area contributed by atoms with Crippen molar-refractivity contribution in [3.63, 3.8) is 0 Å². The maximum absolute atomic E-state index is 12.5. The van der Waals surface area contributed by atoms with Gasteiger partial charge in [0.1, 0.15) is 15.8 Å². The van der Waals surface area contributed by atoms with Crippen molar-refractivity contribution in [3.8, 4) is 10.6 Å². The average molecular weight is 368 g/mol. The van der Waals surface area contributed by atoms with E-state index in [9.17, 15) is 4.79 Å². The molecule has 1 saturated carbocycles. The van der Waals surface area contributed by atoms with E-state index in [0.29, 0.717) is 5.82 Å². The van der Waals surface area contributed by atoms with Gasteiger partial charge in [0.05, 0.1) is 11.7 Å². The zero-order valence-corrected chi connectivity index (χ0v) is 15.3. The fourth-order valence-corrected chi connectivity index (χ4v) is 3.91. The van der Waals surface area contributed by atoms with Crippen molar-refractivity contribution >= 4 is 34.0 Å². The Bertz CT molecular complexity index is 948. The Morgan fingerprint density at radius 2 is 1.96 bits per heavy atom. The molecule has 1 aliphatic rings. The minimum absolute atomic E-state index is 0.0149. The van der Waals surface area contributed by atoms with Crippen LogP contribution in [0.4, 0.5) is 5.82 Å². The van der Waals surface area contributed by atoms with Crippen LogP contribution in [-0.4, -0.2) is 32.1 Å². The highest BCUT2D eigenvalue weighted by molar-refractivity contribution is 7.14. The van der Waals surface area contributed by atoms with Gasteiger partial charge in [-0.1, -0.05) is 11.3 Å². The van der Waals surface area contributed by atoms with Crippen molar-refractivity contribution in [2.24, 2.45) is 11.7 Å². The number of fused-ring (bicyclic) bond motifs is 1. The number of carbonyl (C=O) groups is 1. The Morgan fingerprint density at radius 1 is 1.15 bits per heavy atom. The van der Waals surface area contributed by atoms with E-state index in [1.165, 1.54) is 11.3 Å². The molecular weight excluding hydrogens is 348 g/mol. The molecular formula is C18H20N6OS. The molecule has 0 spiro atoms. The van der Waals surface area contributed by atoms with Gasteiger partial charge >= 0.3 is 0 Å². The summed E-state index contributed by atoms with van der Waals surface area (Å²) in [6.45, 7) is 1.92. The Hall–Kier alpha value is -2.45. The van der Waals surface area contributed by atoms with E-state index in [1.807, 2.05) is 19.1 Å². The number of hydrogen-bond donors (Lipinski definition) is 2. The maximum atomic E-state index is 12.5. The van der Waals surface area contributed by atoms with Crippen LogP contribution in [0.1, 0.15) is 30.7 Å². The molecule has 0 bridgehead atoms. The predicted octanol–water partition coefficient (Wildman–Crippen LogP) is 2.91. The van der Waals surface area contributed by atoms with E-state index in [4.69, 9.17) is 5.73 Å². The average Bonchev–Trinajstić information content (AvgIpc) is 3.08. The molecule has 8 heteroatoms. The number of anilines is 1. The number of amides is 1. The van der Waals surface area contributed by atoms with Crippen LogP contribution in [0.2, 0.25) is 0 Å². The van der Waals surface area contributed by atoms with Crippen molar-refractivity contribution in [2.45, 2.75) is 38.6 Å². The molecule has 26 heavy (non-hydrogen) atoms. The lowest BCUT2D eigenvalue weighted by atomic mass is 9.86. The minimum Gasteiger partial charge on any atom is -0.328 e. The number of nitrogens with zero attached hydrogens (tertiary/aromatic N) is 4. The Labute approximate surface area is 155 Å². The highest BCUT2D eigenvalue weighted by Gasteiger charge is 2.24. The molecule has 0 radical (unpaired) electrons. The predicted molar refractivity (Wildman–Crippen MR) is 102 cm³/mol. The quantitative estimate of drug-likeness (QED) is 0.736. The molecule has 0 aliphatic heterocycles. The first-order valence-electron chi connectivity index (χ1n) is 8.71. The van der Waals surface area contributed by atoms with Crippen molar-refractivity contribution in [2.75, 3.05) is 5.32 Å². The topological polar surface area (TPSA) is 107 Å². The molecule has 0 aromatic carbocycles. The van der Waals surface area contributed by atoms with Crippen LogP contribution in [-0.2, 0) is 4.79 Å². The zero-order chi connectivity index (χ0) is 18.1. The second kappa shape index (κ2) is 7.05. The molecule has 3 heterocycles. The number of aryl methyl sites for hydroxylation is 1. The lowest BCUT2D eigenvalue weighted by Crippen LogP contribution is -2.32. The molecule has 1 fully saturated rings. The summed E-state index contributed by atoms with van der Waals surface area (Å²) < 4.78 is 0. The first-order valence-corrected chi connectivity index (χ1v) is 9.53. The molecule has 1 aliphatic carbocycles. The van der Waals surface area contributed by atoms with E-state index in [0.717, 1.165) is 52.2 Å². The lowest BCUT2D eigenvalue weighted by molar-refractivity contribution is -0.120. The number of aromatic nitrogens is 4. The third-order valence-electron chi connectivity index (χ3n) is 4.73. The molecule has 7 nitrogen and oxygen atoms in total. The summed E-state index contributed by atoms with van der Waals surface area (Å²) in [5.41, 5.74) is 7.60.